The Hall–Kier alpha value is -1.01. The lowest BCUT2D eigenvalue weighted by molar-refractivity contribution is -0.158. The van der Waals surface area contributed by atoms with E-state index in [-0.39, 0.29) is 30.8 Å². The number of carbonyl (C=O) groups is 1. The van der Waals surface area contributed by atoms with E-state index in [0.29, 0.717) is 29.0 Å². The van der Waals surface area contributed by atoms with Gasteiger partial charge in [0.05, 0.1) is 30.4 Å². The Balaban J connectivity index is 1.46. The van der Waals surface area contributed by atoms with Gasteiger partial charge in [0.1, 0.15) is 5.75 Å². The summed E-state index contributed by atoms with van der Waals surface area (Å²) in [6.07, 6.45) is 2.81. The molecule has 3 atom stereocenters. The van der Waals surface area contributed by atoms with Gasteiger partial charge >= 0.3 is 0 Å². The first kappa shape index (κ1) is 16.8. The molecule has 1 aromatic rings. The lowest BCUT2D eigenvalue weighted by atomic mass is 9.89. The molecule has 2 fully saturated rings. The van der Waals surface area contributed by atoms with Crippen LogP contribution in [0.1, 0.15) is 19.3 Å². The summed E-state index contributed by atoms with van der Waals surface area (Å²) >= 11 is 11.8. The Bertz CT molecular complexity index is 569. The number of fused-ring (bicyclic) bond motifs is 1. The molecule has 126 valence electrons. The van der Waals surface area contributed by atoms with Crippen LogP contribution < -0.4 is 10.1 Å². The molecule has 1 amide bonds. The smallest absolute Gasteiger partial charge is 0.258 e. The first-order valence-electron chi connectivity index (χ1n) is 7.72. The summed E-state index contributed by atoms with van der Waals surface area (Å²) in [5.41, 5.74) is 0. The molecule has 3 unspecified atom stereocenters. The highest BCUT2D eigenvalue weighted by atomic mass is 35.5. The van der Waals surface area contributed by atoms with E-state index in [4.69, 9.17) is 37.4 Å². The minimum atomic E-state index is -0.170. The molecule has 0 spiro atoms. The van der Waals surface area contributed by atoms with Crippen molar-refractivity contribution in [2.75, 3.05) is 19.8 Å². The van der Waals surface area contributed by atoms with Crippen molar-refractivity contribution in [3.63, 3.8) is 0 Å². The summed E-state index contributed by atoms with van der Waals surface area (Å²) in [5, 5.41) is 3.90. The minimum Gasteiger partial charge on any atom is -0.482 e. The van der Waals surface area contributed by atoms with E-state index >= 15 is 0 Å². The summed E-state index contributed by atoms with van der Waals surface area (Å²) in [6, 6.07) is 4.99. The Labute approximate surface area is 145 Å². The highest BCUT2D eigenvalue weighted by Gasteiger charge is 2.34. The molecule has 1 saturated carbocycles. The Kier molecular flexibility index (Phi) is 5.64. The molecule has 7 heteroatoms. The average Bonchev–Trinajstić information content (AvgIpc) is 2.54. The van der Waals surface area contributed by atoms with Crippen molar-refractivity contribution in [1.82, 2.24) is 5.32 Å². The number of amides is 1. The van der Waals surface area contributed by atoms with Crippen molar-refractivity contribution in [2.24, 2.45) is 0 Å². The molecule has 1 heterocycles. The second-order valence-corrected chi connectivity index (χ2v) is 6.60. The van der Waals surface area contributed by atoms with E-state index in [9.17, 15) is 4.79 Å². The number of hydrogen-bond acceptors (Lipinski definition) is 4. The van der Waals surface area contributed by atoms with Crippen LogP contribution in [0.4, 0.5) is 0 Å². The van der Waals surface area contributed by atoms with Gasteiger partial charge in [0.25, 0.3) is 5.91 Å². The van der Waals surface area contributed by atoms with Gasteiger partial charge in [0, 0.05) is 11.1 Å². The molecule has 1 aliphatic heterocycles. The zero-order valence-corrected chi connectivity index (χ0v) is 14.1. The molecule has 0 radical (unpaired) electrons. The molecule has 3 rings (SSSR count). The van der Waals surface area contributed by atoms with Gasteiger partial charge in [-0.1, -0.05) is 23.2 Å². The van der Waals surface area contributed by atoms with Crippen LogP contribution in [0.5, 0.6) is 5.75 Å². The number of ether oxygens (including phenoxy) is 3. The first-order valence-corrected chi connectivity index (χ1v) is 8.48. The van der Waals surface area contributed by atoms with Crippen molar-refractivity contribution < 1.29 is 19.0 Å². The van der Waals surface area contributed by atoms with Crippen molar-refractivity contribution in [1.29, 1.82) is 0 Å². The Morgan fingerprint density at radius 2 is 2.00 bits per heavy atom. The molecule has 1 aliphatic carbocycles. The van der Waals surface area contributed by atoms with Crippen molar-refractivity contribution in [3.05, 3.63) is 28.2 Å². The number of hydrogen-bond donors (Lipinski definition) is 1. The van der Waals surface area contributed by atoms with Gasteiger partial charge in [0.15, 0.2) is 6.61 Å². The number of carbonyl (C=O) groups excluding carboxylic acids is 1. The SMILES string of the molecule is O=C(COc1ccc(Cl)cc1Cl)NC1CCC2OCCOC2C1. The van der Waals surface area contributed by atoms with Gasteiger partial charge in [-0.25, -0.2) is 0 Å². The van der Waals surface area contributed by atoms with Crippen molar-refractivity contribution in [3.8, 4) is 5.75 Å². The molecule has 2 aliphatic rings. The van der Waals surface area contributed by atoms with E-state index in [1.54, 1.807) is 18.2 Å². The largest absolute Gasteiger partial charge is 0.482 e. The summed E-state index contributed by atoms with van der Waals surface area (Å²) in [4.78, 5) is 12.0. The van der Waals surface area contributed by atoms with E-state index in [2.05, 4.69) is 5.32 Å². The fraction of sp³-hybridized carbons (Fsp3) is 0.562. The fourth-order valence-electron chi connectivity index (χ4n) is 3.00. The Morgan fingerprint density at radius 1 is 1.22 bits per heavy atom. The third kappa shape index (κ3) is 4.51. The third-order valence-electron chi connectivity index (χ3n) is 4.10. The lowest BCUT2D eigenvalue weighted by Crippen LogP contribution is -2.50. The van der Waals surface area contributed by atoms with Crippen molar-refractivity contribution >= 4 is 29.1 Å². The maximum Gasteiger partial charge on any atom is 0.258 e. The first-order chi connectivity index (χ1) is 11.1. The number of halogens is 2. The fourth-order valence-corrected chi connectivity index (χ4v) is 3.47. The van der Waals surface area contributed by atoms with Crippen molar-refractivity contribution in [2.45, 2.75) is 37.5 Å². The zero-order valence-electron chi connectivity index (χ0n) is 12.6. The third-order valence-corrected chi connectivity index (χ3v) is 4.63. The van der Waals surface area contributed by atoms with E-state index in [1.165, 1.54) is 0 Å². The normalized spacial score (nSPS) is 27.1. The number of benzene rings is 1. The van der Waals surface area contributed by atoms with E-state index < -0.39 is 0 Å². The molecule has 1 aromatic carbocycles. The van der Waals surface area contributed by atoms with Gasteiger partial charge in [-0.3, -0.25) is 4.79 Å². The molecule has 1 saturated heterocycles. The second kappa shape index (κ2) is 7.71. The molecule has 0 aromatic heterocycles. The lowest BCUT2D eigenvalue weighted by Gasteiger charge is -2.39. The molecule has 1 N–H and O–H groups in total. The second-order valence-electron chi connectivity index (χ2n) is 5.76. The van der Waals surface area contributed by atoms with Gasteiger partial charge in [0.2, 0.25) is 0 Å². The van der Waals surface area contributed by atoms with Gasteiger partial charge in [-0.15, -0.1) is 0 Å². The topological polar surface area (TPSA) is 56.8 Å². The predicted octanol–water partition coefficient (Wildman–Crippen LogP) is 2.82. The summed E-state index contributed by atoms with van der Waals surface area (Å²) in [6.45, 7) is 1.21. The predicted molar refractivity (Wildman–Crippen MR) is 87.2 cm³/mol. The van der Waals surface area contributed by atoms with Crippen LogP contribution in [-0.4, -0.2) is 44.0 Å². The zero-order chi connectivity index (χ0) is 16.2. The minimum absolute atomic E-state index is 0.0782. The van der Waals surface area contributed by atoms with Crippen LogP contribution in [0, 0.1) is 0 Å². The summed E-state index contributed by atoms with van der Waals surface area (Å²) < 4.78 is 16.8. The quantitative estimate of drug-likeness (QED) is 0.897. The van der Waals surface area contributed by atoms with E-state index in [1.807, 2.05) is 0 Å². The van der Waals surface area contributed by atoms with Gasteiger partial charge in [-0.05, 0) is 37.5 Å². The maximum absolute atomic E-state index is 12.0. The Morgan fingerprint density at radius 3 is 2.78 bits per heavy atom. The molecular formula is C16H19Cl2NO4. The van der Waals surface area contributed by atoms with Crippen LogP contribution in [0.3, 0.4) is 0 Å². The van der Waals surface area contributed by atoms with Gasteiger partial charge in [-0.2, -0.15) is 0 Å². The molecule has 23 heavy (non-hydrogen) atoms. The monoisotopic (exact) mass is 359 g/mol. The maximum atomic E-state index is 12.0. The standard InChI is InChI=1S/C16H19Cl2NO4/c17-10-1-3-13(12(18)7-10)23-9-16(20)19-11-2-4-14-15(8-11)22-6-5-21-14/h1,3,7,11,14-15H,2,4-6,8-9H2,(H,19,20). The van der Waals surface area contributed by atoms with Gasteiger partial charge < -0.3 is 19.5 Å². The summed E-state index contributed by atoms with van der Waals surface area (Å²) in [7, 11) is 0. The molecular weight excluding hydrogens is 341 g/mol. The average molecular weight is 360 g/mol. The van der Waals surface area contributed by atoms with Crippen LogP contribution in [-0.2, 0) is 14.3 Å². The highest BCUT2D eigenvalue weighted by Crippen LogP contribution is 2.28. The summed E-state index contributed by atoms with van der Waals surface area (Å²) in [5.74, 6) is 0.273. The number of rotatable bonds is 4. The van der Waals surface area contributed by atoms with Crippen LogP contribution in [0.2, 0.25) is 10.0 Å². The van der Waals surface area contributed by atoms with Crippen LogP contribution in [0.15, 0.2) is 18.2 Å². The van der Waals surface area contributed by atoms with Crippen LogP contribution >= 0.6 is 23.2 Å². The van der Waals surface area contributed by atoms with Crippen LogP contribution in [0.25, 0.3) is 0 Å². The molecule has 0 bridgehead atoms. The molecule has 5 nitrogen and oxygen atoms in total. The number of nitrogens with one attached hydrogen (secondary N) is 1. The van der Waals surface area contributed by atoms with E-state index in [0.717, 1.165) is 19.3 Å². The highest BCUT2D eigenvalue weighted by molar-refractivity contribution is 6.35.